The average molecular weight is 382 g/mol. The number of nitrogens with zero attached hydrogens (tertiary/aromatic N) is 1. The highest BCUT2D eigenvalue weighted by Crippen LogP contribution is 2.24. The van der Waals surface area contributed by atoms with Crippen molar-refractivity contribution in [3.63, 3.8) is 0 Å². The number of benzene rings is 2. The molecule has 0 aromatic heterocycles. The van der Waals surface area contributed by atoms with Crippen LogP contribution in [0, 0.1) is 0 Å². The van der Waals surface area contributed by atoms with Gasteiger partial charge >= 0.3 is 0 Å². The molecule has 3 amide bonds. The van der Waals surface area contributed by atoms with Crippen molar-refractivity contribution in [2.75, 3.05) is 11.1 Å². The lowest BCUT2D eigenvalue weighted by Crippen LogP contribution is -2.27. The fourth-order valence-corrected chi connectivity index (χ4v) is 3.79. The first-order valence-corrected chi connectivity index (χ1v) is 9.96. The molecule has 140 valence electrons. The van der Waals surface area contributed by atoms with Crippen molar-refractivity contribution in [2.24, 2.45) is 0 Å². The zero-order valence-corrected chi connectivity index (χ0v) is 16.0. The van der Waals surface area contributed by atoms with E-state index in [1.54, 1.807) is 12.1 Å². The van der Waals surface area contributed by atoms with Crippen molar-refractivity contribution in [2.45, 2.75) is 32.2 Å². The van der Waals surface area contributed by atoms with Crippen LogP contribution in [0.15, 0.2) is 54.6 Å². The van der Waals surface area contributed by atoms with Crippen LogP contribution in [0.25, 0.3) is 0 Å². The number of amides is 3. The molecular formula is C21H22N2O3S. The van der Waals surface area contributed by atoms with E-state index in [0.717, 1.165) is 23.7 Å². The lowest BCUT2D eigenvalue weighted by molar-refractivity contribution is -0.125. The number of rotatable bonds is 7. The number of carbonyl (C=O) groups excluding carboxylic acids is 3. The van der Waals surface area contributed by atoms with Gasteiger partial charge in [0.15, 0.2) is 0 Å². The second-order valence-electron chi connectivity index (χ2n) is 6.50. The summed E-state index contributed by atoms with van der Waals surface area (Å²) in [6, 6.07) is 17.3. The van der Waals surface area contributed by atoms with Crippen LogP contribution in [0.2, 0.25) is 0 Å². The largest absolute Gasteiger partial charge is 0.326 e. The molecule has 0 radical (unpaired) electrons. The normalized spacial score (nSPS) is 15.1. The molecule has 1 saturated heterocycles. The van der Waals surface area contributed by atoms with Gasteiger partial charge in [-0.1, -0.05) is 61.2 Å². The standard InChI is InChI=1S/C21H22N2O3S/c1-2-16(17-6-4-3-5-7-17)12-19(24)22-18-10-8-15(9-11-18)13-23-20(25)14-27-21(23)26/h3-11,16H,2,12-14H2,1H3,(H,22,24). The molecule has 2 aromatic rings. The fourth-order valence-electron chi connectivity index (χ4n) is 3.07. The Morgan fingerprint density at radius 3 is 2.41 bits per heavy atom. The Labute approximate surface area is 163 Å². The van der Waals surface area contributed by atoms with Crippen LogP contribution >= 0.6 is 11.8 Å². The van der Waals surface area contributed by atoms with Gasteiger partial charge < -0.3 is 5.32 Å². The Hall–Kier alpha value is -2.60. The summed E-state index contributed by atoms with van der Waals surface area (Å²) < 4.78 is 0. The van der Waals surface area contributed by atoms with Crippen molar-refractivity contribution in [3.05, 3.63) is 65.7 Å². The van der Waals surface area contributed by atoms with Gasteiger partial charge in [0, 0.05) is 12.1 Å². The van der Waals surface area contributed by atoms with Gasteiger partial charge in [-0.05, 0) is 35.6 Å². The number of imide groups is 1. The summed E-state index contributed by atoms with van der Waals surface area (Å²) in [6.45, 7) is 2.35. The monoisotopic (exact) mass is 382 g/mol. The second kappa shape index (κ2) is 8.86. The van der Waals surface area contributed by atoms with Crippen LogP contribution in [0.4, 0.5) is 10.5 Å². The number of hydrogen-bond acceptors (Lipinski definition) is 4. The quantitative estimate of drug-likeness (QED) is 0.770. The molecule has 0 aliphatic carbocycles. The molecule has 1 fully saturated rings. The van der Waals surface area contributed by atoms with Crippen molar-refractivity contribution in [1.82, 2.24) is 4.90 Å². The Kier molecular flexibility index (Phi) is 6.29. The van der Waals surface area contributed by atoms with E-state index in [1.807, 2.05) is 30.3 Å². The van der Waals surface area contributed by atoms with Crippen molar-refractivity contribution in [3.8, 4) is 0 Å². The van der Waals surface area contributed by atoms with Crippen LogP contribution in [0.3, 0.4) is 0 Å². The van der Waals surface area contributed by atoms with Gasteiger partial charge in [-0.3, -0.25) is 19.3 Å². The first-order valence-electron chi connectivity index (χ1n) is 8.97. The van der Waals surface area contributed by atoms with Crippen molar-refractivity contribution < 1.29 is 14.4 Å². The van der Waals surface area contributed by atoms with Crippen LogP contribution in [-0.4, -0.2) is 27.7 Å². The molecule has 1 aliphatic rings. The molecule has 3 rings (SSSR count). The van der Waals surface area contributed by atoms with Gasteiger partial charge in [0.25, 0.3) is 5.24 Å². The van der Waals surface area contributed by atoms with Crippen LogP contribution in [-0.2, 0) is 16.1 Å². The van der Waals surface area contributed by atoms with Crippen LogP contribution < -0.4 is 5.32 Å². The van der Waals surface area contributed by atoms with E-state index < -0.39 is 0 Å². The molecule has 1 aliphatic heterocycles. The number of thioether (sulfide) groups is 1. The Morgan fingerprint density at radius 2 is 1.81 bits per heavy atom. The fraction of sp³-hybridized carbons (Fsp3) is 0.286. The third kappa shape index (κ3) is 4.98. The molecule has 1 atom stereocenters. The summed E-state index contributed by atoms with van der Waals surface area (Å²) in [5, 5.41) is 2.72. The summed E-state index contributed by atoms with van der Waals surface area (Å²) in [7, 11) is 0. The smallest absolute Gasteiger partial charge is 0.289 e. The molecule has 27 heavy (non-hydrogen) atoms. The average Bonchev–Trinajstić information content (AvgIpc) is 3.00. The molecule has 6 heteroatoms. The summed E-state index contributed by atoms with van der Waals surface area (Å²) in [4.78, 5) is 37.0. The van der Waals surface area contributed by atoms with E-state index in [2.05, 4.69) is 24.4 Å². The van der Waals surface area contributed by atoms with Crippen LogP contribution in [0.1, 0.15) is 36.8 Å². The number of anilines is 1. The highest BCUT2D eigenvalue weighted by molar-refractivity contribution is 8.14. The van der Waals surface area contributed by atoms with E-state index >= 15 is 0 Å². The lowest BCUT2D eigenvalue weighted by Gasteiger charge is -2.16. The van der Waals surface area contributed by atoms with Gasteiger partial charge in [0.1, 0.15) is 0 Å². The van der Waals surface area contributed by atoms with E-state index in [4.69, 9.17) is 0 Å². The number of carbonyl (C=O) groups is 3. The highest BCUT2D eigenvalue weighted by Gasteiger charge is 2.29. The highest BCUT2D eigenvalue weighted by atomic mass is 32.2. The maximum atomic E-state index is 12.4. The summed E-state index contributed by atoms with van der Waals surface area (Å²) in [5.41, 5.74) is 2.73. The van der Waals surface area contributed by atoms with Gasteiger partial charge in [-0.2, -0.15) is 0 Å². The van der Waals surface area contributed by atoms with E-state index in [0.29, 0.717) is 12.1 Å². The second-order valence-corrected chi connectivity index (χ2v) is 7.43. The van der Waals surface area contributed by atoms with Gasteiger partial charge in [0.2, 0.25) is 11.8 Å². The minimum absolute atomic E-state index is 0.0280. The first-order chi connectivity index (χ1) is 13.1. The third-order valence-corrected chi connectivity index (χ3v) is 5.47. The summed E-state index contributed by atoms with van der Waals surface area (Å²) in [6.07, 6.45) is 1.32. The number of hydrogen-bond donors (Lipinski definition) is 1. The first kappa shape index (κ1) is 19.2. The van der Waals surface area contributed by atoms with E-state index in [1.165, 1.54) is 10.5 Å². The van der Waals surface area contributed by atoms with Crippen molar-refractivity contribution >= 4 is 34.5 Å². The molecule has 1 heterocycles. The summed E-state index contributed by atoms with van der Waals surface area (Å²) in [5.74, 6) is 0.219. The molecule has 0 saturated carbocycles. The third-order valence-electron chi connectivity index (χ3n) is 4.61. The van der Waals surface area contributed by atoms with E-state index in [-0.39, 0.29) is 35.3 Å². The topological polar surface area (TPSA) is 66.5 Å². The Bertz CT molecular complexity index is 805. The lowest BCUT2D eigenvalue weighted by atomic mass is 9.93. The molecule has 0 bridgehead atoms. The predicted octanol–water partition coefficient (Wildman–Crippen LogP) is 4.40. The van der Waals surface area contributed by atoms with Crippen molar-refractivity contribution in [1.29, 1.82) is 0 Å². The Morgan fingerprint density at radius 1 is 1.11 bits per heavy atom. The SMILES string of the molecule is CCC(CC(=O)Nc1ccc(CN2C(=O)CSC2=O)cc1)c1ccccc1. The maximum Gasteiger partial charge on any atom is 0.289 e. The molecular weight excluding hydrogens is 360 g/mol. The minimum Gasteiger partial charge on any atom is -0.326 e. The van der Waals surface area contributed by atoms with Gasteiger partial charge in [-0.15, -0.1) is 0 Å². The molecule has 1 N–H and O–H groups in total. The minimum atomic E-state index is -0.205. The van der Waals surface area contributed by atoms with Gasteiger partial charge in [0.05, 0.1) is 12.3 Å². The van der Waals surface area contributed by atoms with E-state index in [9.17, 15) is 14.4 Å². The zero-order valence-electron chi connectivity index (χ0n) is 15.2. The zero-order chi connectivity index (χ0) is 19.2. The molecule has 2 aromatic carbocycles. The molecule has 0 spiro atoms. The summed E-state index contributed by atoms with van der Waals surface area (Å²) >= 11 is 1.03. The Balaban J connectivity index is 1.57. The van der Waals surface area contributed by atoms with Gasteiger partial charge in [-0.25, -0.2) is 0 Å². The molecule has 1 unspecified atom stereocenters. The maximum absolute atomic E-state index is 12.4. The molecule has 5 nitrogen and oxygen atoms in total. The number of nitrogens with one attached hydrogen (secondary N) is 1. The predicted molar refractivity (Wildman–Crippen MR) is 108 cm³/mol. The van der Waals surface area contributed by atoms with Crippen LogP contribution in [0.5, 0.6) is 0 Å².